The molecule has 290 valence electrons. The standard InChI is InChI=1S/C27H20N6S.3C2HF3O2/c28-27-31-20-9-7-17(15-24(20)34-27)16-6-8-18-19(10-12-30-22(18)14-16)25-23-5-3-13-33(23)32-26(25)21-4-1-2-11-29-21;3*3-2(4,5)1(6)7/h1-2,4,6-12,14-15H,3,5,13H2,(H2,28,31);3*(H,6,7). The van der Waals surface area contributed by atoms with E-state index in [1.54, 1.807) is 0 Å². The normalized spacial score (nSPS) is 12.4. The number of rotatable bonds is 3. The molecule has 0 unspecified atom stereocenters. The van der Waals surface area contributed by atoms with Crippen molar-refractivity contribution >= 4 is 55.5 Å². The lowest BCUT2D eigenvalue weighted by molar-refractivity contribution is -0.193. The minimum Gasteiger partial charge on any atom is -0.475 e. The van der Waals surface area contributed by atoms with Crippen molar-refractivity contribution in [3.05, 3.63) is 78.8 Å². The highest BCUT2D eigenvalue weighted by atomic mass is 32.1. The van der Waals surface area contributed by atoms with E-state index in [0.29, 0.717) is 5.13 Å². The quantitative estimate of drug-likeness (QED) is 0.127. The topological polar surface area (TPSA) is 194 Å². The number of hydrogen-bond acceptors (Lipinski definition) is 9. The highest BCUT2D eigenvalue weighted by molar-refractivity contribution is 7.22. The number of nitrogen functional groups attached to an aromatic ring is 1. The number of thiazole rings is 1. The average Bonchev–Trinajstić information content (AvgIpc) is 3.81. The molecule has 2 aromatic carbocycles. The second kappa shape index (κ2) is 16.4. The van der Waals surface area contributed by atoms with Gasteiger partial charge in [-0.25, -0.2) is 19.4 Å². The lowest BCUT2D eigenvalue weighted by atomic mass is 9.95. The zero-order chi connectivity index (χ0) is 40.9. The van der Waals surface area contributed by atoms with Crippen LogP contribution in [0.4, 0.5) is 44.6 Å². The van der Waals surface area contributed by atoms with Crippen molar-refractivity contribution in [2.24, 2.45) is 0 Å². The van der Waals surface area contributed by atoms with E-state index in [1.807, 2.05) is 36.7 Å². The van der Waals surface area contributed by atoms with Crippen LogP contribution in [0.25, 0.3) is 54.8 Å². The first kappa shape index (κ1) is 41.4. The summed E-state index contributed by atoms with van der Waals surface area (Å²) in [6.45, 7) is 0.951. The van der Waals surface area contributed by atoms with Gasteiger partial charge in [-0.05, 0) is 65.9 Å². The summed E-state index contributed by atoms with van der Waals surface area (Å²) >= 11 is 1.51. The molecule has 22 heteroatoms. The second-order valence-electron chi connectivity index (χ2n) is 10.9. The van der Waals surface area contributed by atoms with Crippen LogP contribution in [0.2, 0.25) is 0 Å². The summed E-state index contributed by atoms with van der Waals surface area (Å²) < 4.78 is 98.4. The molecule has 0 spiro atoms. The summed E-state index contributed by atoms with van der Waals surface area (Å²) in [5, 5.41) is 28.0. The molecule has 0 atom stereocenters. The molecule has 0 saturated carbocycles. The predicted octanol–water partition coefficient (Wildman–Crippen LogP) is 7.87. The number of alkyl halides is 9. The van der Waals surface area contributed by atoms with Gasteiger partial charge in [0, 0.05) is 35.6 Å². The number of aromatic nitrogens is 5. The Kier molecular flexibility index (Phi) is 12.3. The first-order chi connectivity index (χ1) is 25.6. The van der Waals surface area contributed by atoms with Crippen molar-refractivity contribution in [1.82, 2.24) is 24.7 Å². The third-order valence-corrected chi connectivity index (χ3v) is 8.07. The largest absolute Gasteiger partial charge is 0.490 e. The third-order valence-electron chi connectivity index (χ3n) is 7.23. The molecule has 6 aromatic rings. The number of carbonyl (C=O) groups is 3. The van der Waals surface area contributed by atoms with Gasteiger partial charge in [0.15, 0.2) is 5.13 Å². The lowest BCUT2D eigenvalue weighted by Crippen LogP contribution is -2.21. The van der Waals surface area contributed by atoms with Gasteiger partial charge in [0.1, 0.15) is 5.69 Å². The van der Waals surface area contributed by atoms with Gasteiger partial charge in [0.05, 0.1) is 21.4 Å². The molecule has 7 rings (SSSR count). The molecule has 0 radical (unpaired) electrons. The van der Waals surface area contributed by atoms with Gasteiger partial charge in [0.2, 0.25) is 0 Å². The molecule has 4 aromatic heterocycles. The van der Waals surface area contributed by atoms with Crippen LogP contribution in [0.15, 0.2) is 73.1 Å². The van der Waals surface area contributed by atoms with Crippen LogP contribution >= 0.6 is 11.3 Å². The van der Waals surface area contributed by atoms with E-state index >= 15 is 0 Å². The van der Waals surface area contributed by atoms with Gasteiger partial charge < -0.3 is 21.1 Å². The van der Waals surface area contributed by atoms with Crippen LogP contribution in [-0.2, 0) is 27.3 Å². The van der Waals surface area contributed by atoms with Crippen molar-refractivity contribution in [3.8, 4) is 33.6 Å². The van der Waals surface area contributed by atoms with Gasteiger partial charge in [0.25, 0.3) is 0 Å². The molecule has 12 nitrogen and oxygen atoms in total. The van der Waals surface area contributed by atoms with E-state index in [-0.39, 0.29) is 0 Å². The number of nitrogens with zero attached hydrogens (tertiary/aromatic N) is 5. The number of carboxylic acids is 3. The molecule has 1 aliphatic rings. The number of hydrogen-bond donors (Lipinski definition) is 4. The smallest absolute Gasteiger partial charge is 0.475 e. The number of carboxylic acid groups (broad SMARTS) is 3. The Morgan fingerprint density at radius 2 is 1.31 bits per heavy atom. The van der Waals surface area contributed by atoms with Gasteiger partial charge >= 0.3 is 36.4 Å². The molecule has 55 heavy (non-hydrogen) atoms. The van der Waals surface area contributed by atoms with Crippen LogP contribution in [0.3, 0.4) is 0 Å². The summed E-state index contributed by atoms with van der Waals surface area (Å²) in [5.41, 5.74) is 15.5. The van der Waals surface area contributed by atoms with Crippen molar-refractivity contribution in [2.45, 2.75) is 37.9 Å². The first-order valence-electron chi connectivity index (χ1n) is 15.0. The number of pyridine rings is 2. The third kappa shape index (κ3) is 10.4. The molecule has 5 heterocycles. The summed E-state index contributed by atoms with van der Waals surface area (Å²) in [5.74, 6) is -8.27. The Bertz CT molecular complexity index is 2290. The number of benzene rings is 2. The van der Waals surface area contributed by atoms with Crippen molar-refractivity contribution in [1.29, 1.82) is 0 Å². The number of halogens is 9. The van der Waals surface area contributed by atoms with Gasteiger partial charge in [-0.3, -0.25) is 14.6 Å². The summed E-state index contributed by atoms with van der Waals surface area (Å²) in [4.78, 5) is 40.4. The SMILES string of the molecule is Nc1nc2ccc(-c3ccc4c(-c5c(-c6ccccn6)nn6c5CCC6)ccnc4c3)cc2s1.O=C(O)C(F)(F)F.O=C(O)C(F)(F)F.O=C(O)C(F)(F)F. The average molecular weight is 803 g/mol. The highest BCUT2D eigenvalue weighted by Gasteiger charge is 2.39. The molecular formula is C33H23F9N6O6S. The maximum absolute atomic E-state index is 10.6. The number of aryl methyl sites for hydroxylation is 1. The van der Waals surface area contributed by atoms with Gasteiger partial charge in [-0.1, -0.05) is 35.6 Å². The summed E-state index contributed by atoms with van der Waals surface area (Å²) in [6, 6.07) is 20.9. The van der Waals surface area contributed by atoms with Crippen molar-refractivity contribution < 1.29 is 69.2 Å². The maximum atomic E-state index is 10.6. The van der Waals surface area contributed by atoms with E-state index < -0.39 is 36.4 Å². The zero-order valence-corrected chi connectivity index (χ0v) is 28.1. The Labute approximate surface area is 305 Å². The van der Waals surface area contributed by atoms with Crippen molar-refractivity contribution in [3.63, 3.8) is 0 Å². The highest BCUT2D eigenvalue weighted by Crippen LogP contribution is 2.40. The Balaban J connectivity index is 0.000000264. The van der Waals surface area contributed by atoms with E-state index in [0.717, 1.165) is 68.6 Å². The number of anilines is 1. The monoisotopic (exact) mass is 802 g/mol. The van der Waals surface area contributed by atoms with Crippen LogP contribution in [0.5, 0.6) is 0 Å². The fourth-order valence-corrected chi connectivity index (χ4v) is 5.74. The minimum atomic E-state index is -5.08. The van der Waals surface area contributed by atoms with E-state index in [4.69, 9.17) is 45.5 Å². The molecule has 0 saturated heterocycles. The number of aliphatic carboxylic acids is 3. The fraction of sp³-hybridized carbons (Fsp3) is 0.182. The Morgan fingerprint density at radius 3 is 1.87 bits per heavy atom. The Hall–Kier alpha value is -6.32. The molecule has 1 aliphatic heterocycles. The van der Waals surface area contributed by atoms with E-state index in [2.05, 4.69) is 51.0 Å². The van der Waals surface area contributed by atoms with Crippen LogP contribution in [0, 0.1) is 0 Å². The number of nitrogens with two attached hydrogens (primary N) is 1. The fourth-order valence-electron chi connectivity index (χ4n) is 4.96. The van der Waals surface area contributed by atoms with Crippen LogP contribution in [0.1, 0.15) is 12.1 Å². The lowest BCUT2D eigenvalue weighted by Gasteiger charge is -2.10. The van der Waals surface area contributed by atoms with E-state index in [9.17, 15) is 39.5 Å². The molecule has 0 bridgehead atoms. The molecule has 0 amide bonds. The zero-order valence-electron chi connectivity index (χ0n) is 27.2. The van der Waals surface area contributed by atoms with Crippen LogP contribution in [-0.4, -0.2) is 76.5 Å². The van der Waals surface area contributed by atoms with Crippen LogP contribution < -0.4 is 5.73 Å². The molecular weight excluding hydrogens is 779 g/mol. The summed E-state index contributed by atoms with van der Waals surface area (Å²) in [6.07, 6.45) is -9.38. The molecule has 0 aliphatic carbocycles. The maximum Gasteiger partial charge on any atom is 0.490 e. The predicted molar refractivity (Wildman–Crippen MR) is 179 cm³/mol. The van der Waals surface area contributed by atoms with Gasteiger partial charge in [-0.15, -0.1) is 0 Å². The molecule has 5 N–H and O–H groups in total. The molecule has 0 fully saturated rings. The first-order valence-corrected chi connectivity index (χ1v) is 15.9. The Morgan fingerprint density at radius 1 is 0.727 bits per heavy atom. The van der Waals surface area contributed by atoms with Crippen molar-refractivity contribution in [2.75, 3.05) is 5.73 Å². The minimum absolute atomic E-state index is 0.592. The number of fused-ring (bicyclic) bond motifs is 3. The summed E-state index contributed by atoms with van der Waals surface area (Å²) in [7, 11) is 0. The second-order valence-corrected chi connectivity index (χ2v) is 12.0. The van der Waals surface area contributed by atoms with E-state index in [1.165, 1.54) is 22.6 Å². The van der Waals surface area contributed by atoms with Gasteiger partial charge in [-0.2, -0.15) is 44.6 Å².